The first kappa shape index (κ1) is 14.2. The molecule has 0 radical (unpaired) electrons. The van der Waals surface area contributed by atoms with Crippen LogP contribution in [0.2, 0.25) is 0 Å². The van der Waals surface area contributed by atoms with Gasteiger partial charge in [0, 0.05) is 43.6 Å². The van der Waals surface area contributed by atoms with E-state index in [-0.39, 0.29) is 0 Å². The molecule has 1 saturated heterocycles. The lowest BCUT2D eigenvalue weighted by molar-refractivity contribution is 0.121. The van der Waals surface area contributed by atoms with Gasteiger partial charge < -0.3 is 4.74 Å². The van der Waals surface area contributed by atoms with Crippen molar-refractivity contribution in [3.8, 4) is 0 Å². The molecule has 2 aromatic rings. The summed E-state index contributed by atoms with van der Waals surface area (Å²) in [6, 6.07) is 12.2. The fourth-order valence-corrected chi connectivity index (χ4v) is 2.76. The Morgan fingerprint density at radius 1 is 1.05 bits per heavy atom. The molecule has 3 rings (SSSR count). The molecule has 4 heteroatoms. The standard InChI is InChI=1S/C17H21N3O/c1-3-7-18-16(5-1)11-15-12-20(9-10-21-14-15)13-17-6-2-4-8-19-17/h1-8,15H,9-14H2/t15-/m1/s1. The van der Waals surface area contributed by atoms with E-state index in [0.29, 0.717) is 5.92 Å². The van der Waals surface area contributed by atoms with Crippen LogP contribution in [0, 0.1) is 5.92 Å². The Labute approximate surface area is 125 Å². The van der Waals surface area contributed by atoms with Gasteiger partial charge in [-0.1, -0.05) is 12.1 Å². The van der Waals surface area contributed by atoms with E-state index in [1.165, 1.54) is 0 Å². The van der Waals surface area contributed by atoms with Gasteiger partial charge in [0.05, 0.1) is 18.9 Å². The van der Waals surface area contributed by atoms with Crippen LogP contribution in [0.3, 0.4) is 0 Å². The molecule has 3 heterocycles. The van der Waals surface area contributed by atoms with E-state index in [1.54, 1.807) is 0 Å². The summed E-state index contributed by atoms with van der Waals surface area (Å²) in [4.78, 5) is 11.3. The topological polar surface area (TPSA) is 38.2 Å². The Morgan fingerprint density at radius 3 is 2.52 bits per heavy atom. The van der Waals surface area contributed by atoms with Gasteiger partial charge in [-0.25, -0.2) is 0 Å². The van der Waals surface area contributed by atoms with Gasteiger partial charge in [0.15, 0.2) is 0 Å². The summed E-state index contributed by atoms with van der Waals surface area (Å²) in [5, 5.41) is 0. The number of ether oxygens (including phenoxy) is 1. The predicted molar refractivity (Wildman–Crippen MR) is 81.8 cm³/mol. The number of pyridine rings is 2. The molecule has 1 aliphatic heterocycles. The SMILES string of the molecule is c1ccc(C[C@H]2COCCN(Cc3ccccn3)C2)nc1. The van der Waals surface area contributed by atoms with Crippen LogP contribution in [0.1, 0.15) is 11.4 Å². The van der Waals surface area contributed by atoms with E-state index in [0.717, 1.165) is 50.7 Å². The molecule has 4 nitrogen and oxygen atoms in total. The number of nitrogens with zero attached hydrogens (tertiary/aromatic N) is 3. The molecule has 0 unspecified atom stereocenters. The van der Waals surface area contributed by atoms with E-state index in [4.69, 9.17) is 4.74 Å². The van der Waals surface area contributed by atoms with Crippen molar-refractivity contribution in [1.82, 2.24) is 14.9 Å². The lowest BCUT2D eigenvalue weighted by Gasteiger charge is -2.22. The largest absolute Gasteiger partial charge is 0.380 e. The lowest BCUT2D eigenvalue weighted by atomic mass is 10.0. The number of hydrogen-bond donors (Lipinski definition) is 0. The molecule has 21 heavy (non-hydrogen) atoms. The molecule has 0 bridgehead atoms. The third-order valence-corrected chi connectivity index (χ3v) is 3.76. The zero-order valence-corrected chi connectivity index (χ0v) is 12.2. The average Bonchev–Trinajstić information content (AvgIpc) is 2.74. The molecule has 110 valence electrons. The molecule has 1 atom stereocenters. The van der Waals surface area contributed by atoms with Crippen molar-refractivity contribution in [2.24, 2.45) is 5.92 Å². The first-order valence-electron chi connectivity index (χ1n) is 7.50. The zero-order valence-electron chi connectivity index (χ0n) is 12.2. The minimum Gasteiger partial charge on any atom is -0.380 e. The molecule has 0 saturated carbocycles. The molecule has 2 aromatic heterocycles. The Balaban J connectivity index is 1.61. The van der Waals surface area contributed by atoms with E-state index in [9.17, 15) is 0 Å². The van der Waals surface area contributed by atoms with E-state index >= 15 is 0 Å². The van der Waals surface area contributed by atoms with Crippen molar-refractivity contribution in [3.63, 3.8) is 0 Å². The molecule has 0 amide bonds. The van der Waals surface area contributed by atoms with Gasteiger partial charge >= 0.3 is 0 Å². The van der Waals surface area contributed by atoms with Crippen LogP contribution in [0.4, 0.5) is 0 Å². The molecule has 0 aromatic carbocycles. The summed E-state index contributed by atoms with van der Waals surface area (Å²) in [6.07, 6.45) is 4.69. The summed E-state index contributed by atoms with van der Waals surface area (Å²) in [7, 11) is 0. The molecule has 1 fully saturated rings. The van der Waals surface area contributed by atoms with Crippen LogP contribution in [0.5, 0.6) is 0 Å². The molecule has 1 aliphatic rings. The van der Waals surface area contributed by atoms with Crippen LogP contribution in [0.25, 0.3) is 0 Å². The van der Waals surface area contributed by atoms with Gasteiger partial charge in [0.25, 0.3) is 0 Å². The Hall–Kier alpha value is -1.78. The average molecular weight is 283 g/mol. The number of rotatable bonds is 4. The molecular formula is C17H21N3O. The van der Waals surface area contributed by atoms with E-state index < -0.39 is 0 Å². The molecular weight excluding hydrogens is 262 g/mol. The Bertz CT molecular complexity index is 483. The number of hydrogen-bond acceptors (Lipinski definition) is 4. The highest BCUT2D eigenvalue weighted by molar-refractivity contribution is 5.05. The second kappa shape index (κ2) is 7.29. The Morgan fingerprint density at radius 2 is 1.81 bits per heavy atom. The summed E-state index contributed by atoms with van der Waals surface area (Å²) in [6.45, 7) is 4.51. The fraction of sp³-hybridized carbons (Fsp3) is 0.412. The third kappa shape index (κ3) is 4.34. The van der Waals surface area contributed by atoms with Crippen molar-refractivity contribution in [2.45, 2.75) is 13.0 Å². The van der Waals surface area contributed by atoms with Gasteiger partial charge in [0.1, 0.15) is 0 Å². The van der Waals surface area contributed by atoms with Crippen LogP contribution < -0.4 is 0 Å². The highest BCUT2D eigenvalue weighted by Crippen LogP contribution is 2.14. The van der Waals surface area contributed by atoms with Gasteiger partial charge in [-0.15, -0.1) is 0 Å². The quantitative estimate of drug-likeness (QED) is 0.862. The lowest BCUT2D eigenvalue weighted by Crippen LogP contribution is -2.30. The van der Waals surface area contributed by atoms with Crippen molar-refractivity contribution in [3.05, 3.63) is 60.2 Å². The van der Waals surface area contributed by atoms with Crippen molar-refractivity contribution >= 4 is 0 Å². The second-order valence-electron chi connectivity index (χ2n) is 5.52. The minimum absolute atomic E-state index is 0.492. The maximum absolute atomic E-state index is 5.76. The highest BCUT2D eigenvalue weighted by atomic mass is 16.5. The van der Waals surface area contributed by atoms with Crippen molar-refractivity contribution in [1.29, 1.82) is 0 Å². The van der Waals surface area contributed by atoms with Gasteiger partial charge in [-0.3, -0.25) is 14.9 Å². The summed E-state index contributed by atoms with van der Waals surface area (Å²) < 4.78 is 5.76. The molecule has 0 aliphatic carbocycles. The minimum atomic E-state index is 0.492. The number of aromatic nitrogens is 2. The molecule has 0 N–H and O–H groups in total. The van der Waals surface area contributed by atoms with Gasteiger partial charge in [-0.05, 0) is 30.7 Å². The van der Waals surface area contributed by atoms with Crippen LogP contribution in [0.15, 0.2) is 48.8 Å². The third-order valence-electron chi connectivity index (χ3n) is 3.76. The van der Waals surface area contributed by atoms with E-state index in [1.807, 2.05) is 36.7 Å². The second-order valence-corrected chi connectivity index (χ2v) is 5.52. The van der Waals surface area contributed by atoms with Crippen molar-refractivity contribution < 1.29 is 4.74 Å². The Kier molecular flexibility index (Phi) is 4.92. The molecule has 0 spiro atoms. The van der Waals surface area contributed by atoms with E-state index in [2.05, 4.69) is 27.0 Å². The summed E-state index contributed by atoms with van der Waals surface area (Å²) in [5.74, 6) is 0.492. The van der Waals surface area contributed by atoms with Crippen LogP contribution >= 0.6 is 0 Å². The van der Waals surface area contributed by atoms with Crippen molar-refractivity contribution in [2.75, 3.05) is 26.3 Å². The fourth-order valence-electron chi connectivity index (χ4n) is 2.76. The first-order chi connectivity index (χ1) is 10.4. The smallest absolute Gasteiger partial charge is 0.0593 e. The summed E-state index contributed by atoms with van der Waals surface area (Å²) >= 11 is 0. The zero-order chi connectivity index (χ0) is 14.3. The normalized spacial score (nSPS) is 20.1. The maximum atomic E-state index is 5.76. The highest BCUT2D eigenvalue weighted by Gasteiger charge is 2.19. The van der Waals surface area contributed by atoms with Gasteiger partial charge in [-0.2, -0.15) is 0 Å². The van der Waals surface area contributed by atoms with Gasteiger partial charge in [0.2, 0.25) is 0 Å². The van der Waals surface area contributed by atoms with Crippen LogP contribution in [-0.2, 0) is 17.7 Å². The monoisotopic (exact) mass is 283 g/mol. The first-order valence-corrected chi connectivity index (χ1v) is 7.50. The summed E-state index contributed by atoms with van der Waals surface area (Å²) in [5.41, 5.74) is 2.27. The van der Waals surface area contributed by atoms with Crippen LogP contribution in [-0.4, -0.2) is 41.2 Å². The maximum Gasteiger partial charge on any atom is 0.0593 e. The predicted octanol–water partition coefficient (Wildman–Crippen LogP) is 2.17.